The molecule has 0 aromatic heterocycles. The highest BCUT2D eigenvalue weighted by molar-refractivity contribution is 5.79. The van der Waals surface area contributed by atoms with Crippen molar-refractivity contribution >= 4 is 5.96 Å². The van der Waals surface area contributed by atoms with Crippen molar-refractivity contribution < 1.29 is 4.74 Å². The SMILES string of the molecule is CCOCCCCNC(=NC)NCCN1CCC(C)CC1. The van der Waals surface area contributed by atoms with Crippen molar-refractivity contribution in [2.24, 2.45) is 10.9 Å². The van der Waals surface area contributed by atoms with Gasteiger partial charge in [-0.2, -0.15) is 0 Å². The molecule has 2 N–H and O–H groups in total. The predicted molar refractivity (Wildman–Crippen MR) is 89.9 cm³/mol. The van der Waals surface area contributed by atoms with Gasteiger partial charge in [-0.15, -0.1) is 0 Å². The Labute approximate surface area is 130 Å². The lowest BCUT2D eigenvalue weighted by molar-refractivity contribution is 0.143. The summed E-state index contributed by atoms with van der Waals surface area (Å²) in [6.45, 7) is 11.6. The fourth-order valence-corrected chi connectivity index (χ4v) is 2.52. The number of unbranched alkanes of at least 4 members (excludes halogenated alkanes) is 1. The average Bonchev–Trinajstić information content (AvgIpc) is 2.50. The Bertz CT molecular complexity index is 275. The molecule has 124 valence electrons. The van der Waals surface area contributed by atoms with Crippen LogP contribution < -0.4 is 10.6 Å². The van der Waals surface area contributed by atoms with E-state index in [-0.39, 0.29) is 0 Å². The first kappa shape index (κ1) is 18.2. The van der Waals surface area contributed by atoms with Crippen LogP contribution >= 0.6 is 0 Å². The summed E-state index contributed by atoms with van der Waals surface area (Å²) in [5, 5.41) is 6.75. The molecule has 1 aliphatic rings. The maximum Gasteiger partial charge on any atom is 0.191 e. The molecule has 0 unspecified atom stereocenters. The quantitative estimate of drug-likeness (QED) is 0.386. The van der Waals surface area contributed by atoms with Crippen molar-refractivity contribution in [3.05, 3.63) is 0 Å². The van der Waals surface area contributed by atoms with E-state index < -0.39 is 0 Å². The number of piperidine rings is 1. The van der Waals surface area contributed by atoms with Crippen LogP contribution in [-0.4, -0.2) is 63.8 Å². The fourth-order valence-electron chi connectivity index (χ4n) is 2.52. The largest absolute Gasteiger partial charge is 0.382 e. The minimum atomic E-state index is 0.811. The molecule has 21 heavy (non-hydrogen) atoms. The zero-order valence-electron chi connectivity index (χ0n) is 14.2. The van der Waals surface area contributed by atoms with Crippen LogP contribution in [0.25, 0.3) is 0 Å². The minimum absolute atomic E-state index is 0.811. The second-order valence-electron chi connectivity index (χ2n) is 5.85. The zero-order valence-corrected chi connectivity index (χ0v) is 14.2. The van der Waals surface area contributed by atoms with Gasteiger partial charge in [0.1, 0.15) is 0 Å². The van der Waals surface area contributed by atoms with Gasteiger partial charge in [-0.1, -0.05) is 6.92 Å². The molecule has 0 spiro atoms. The molecule has 0 saturated carbocycles. The van der Waals surface area contributed by atoms with Crippen molar-refractivity contribution in [2.45, 2.75) is 39.5 Å². The van der Waals surface area contributed by atoms with Gasteiger partial charge >= 0.3 is 0 Å². The highest BCUT2D eigenvalue weighted by Crippen LogP contribution is 2.14. The van der Waals surface area contributed by atoms with Crippen molar-refractivity contribution in [2.75, 3.05) is 53.0 Å². The standard InChI is InChI=1S/C16H34N4O/c1-4-21-14-6-5-9-18-16(17-3)19-10-13-20-11-7-15(2)8-12-20/h15H,4-14H2,1-3H3,(H2,17,18,19). The van der Waals surface area contributed by atoms with Gasteiger partial charge in [0.2, 0.25) is 0 Å². The topological polar surface area (TPSA) is 48.9 Å². The number of ether oxygens (including phenoxy) is 1. The summed E-state index contributed by atoms with van der Waals surface area (Å²) in [5.74, 6) is 1.82. The van der Waals surface area contributed by atoms with Crippen LogP contribution in [0.1, 0.15) is 39.5 Å². The van der Waals surface area contributed by atoms with Crippen LogP contribution in [0.3, 0.4) is 0 Å². The first-order valence-corrected chi connectivity index (χ1v) is 8.50. The zero-order chi connectivity index (χ0) is 15.3. The monoisotopic (exact) mass is 298 g/mol. The number of likely N-dealkylation sites (tertiary alicyclic amines) is 1. The number of aliphatic imine (C=N–C) groups is 1. The van der Waals surface area contributed by atoms with Crippen LogP contribution in [-0.2, 0) is 4.74 Å². The smallest absolute Gasteiger partial charge is 0.191 e. The highest BCUT2D eigenvalue weighted by atomic mass is 16.5. The van der Waals surface area contributed by atoms with E-state index in [0.29, 0.717) is 0 Å². The fraction of sp³-hybridized carbons (Fsp3) is 0.938. The van der Waals surface area contributed by atoms with Gasteiger partial charge < -0.3 is 20.3 Å². The first-order chi connectivity index (χ1) is 10.3. The van der Waals surface area contributed by atoms with Crippen molar-refractivity contribution in [1.82, 2.24) is 15.5 Å². The Balaban J connectivity index is 2.01. The molecular weight excluding hydrogens is 264 g/mol. The molecule has 0 radical (unpaired) electrons. The Kier molecular flexibility index (Phi) is 10.3. The van der Waals surface area contributed by atoms with Crippen LogP contribution in [0, 0.1) is 5.92 Å². The molecule has 5 nitrogen and oxygen atoms in total. The second kappa shape index (κ2) is 11.8. The summed E-state index contributed by atoms with van der Waals surface area (Å²) in [5.41, 5.74) is 0. The highest BCUT2D eigenvalue weighted by Gasteiger charge is 2.14. The third kappa shape index (κ3) is 8.94. The van der Waals surface area contributed by atoms with E-state index in [4.69, 9.17) is 4.74 Å². The maximum absolute atomic E-state index is 5.33. The lowest BCUT2D eigenvalue weighted by atomic mass is 9.99. The van der Waals surface area contributed by atoms with Crippen LogP contribution in [0.4, 0.5) is 0 Å². The van der Waals surface area contributed by atoms with Crippen LogP contribution in [0.2, 0.25) is 0 Å². The van der Waals surface area contributed by atoms with Crippen molar-refractivity contribution in [3.63, 3.8) is 0 Å². The van der Waals surface area contributed by atoms with E-state index >= 15 is 0 Å². The molecule has 0 aliphatic carbocycles. The number of hydrogen-bond donors (Lipinski definition) is 2. The van der Waals surface area contributed by atoms with E-state index in [1.807, 2.05) is 14.0 Å². The van der Waals surface area contributed by atoms with Gasteiger partial charge in [-0.25, -0.2) is 0 Å². The first-order valence-electron chi connectivity index (χ1n) is 8.50. The van der Waals surface area contributed by atoms with Gasteiger partial charge in [0, 0.05) is 39.9 Å². The molecule has 1 heterocycles. The van der Waals surface area contributed by atoms with Crippen LogP contribution in [0.5, 0.6) is 0 Å². The average molecular weight is 298 g/mol. The van der Waals surface area contributed by atoms with E-state index in [9.17, 15) is 0 Å². The lowest BCUT2D eigenvalue weighted by Gasteiger charge is -2.30. The molecule has 0 amide bonds. The Morgan fingerprint density at radius 1 is 1.19 bits per heavy atom. The van der Waals surface area contributed by atoms with Gasteiger partial charge in [0.15, 0.2) is 5.96 Å². The minimum Gasteiger partial charge on any atom is -0.382 e. The summed E-state index contributed by atoms with van der Waals surface area (Å²) in [6.07, 6.45) is 4.90. The Morgan fingerprint density at radius 3 is 2.57 bits per heavy atom. The molecule has 0 bridgehead atoms. The number of nitrogens with zero attached hydrogens (tertiary/aromatic N) is 2. The summed E-state index contributed by atoms with van der Waals surface area (Å²) < 4.78 is 5.33. The van der Waals surface area contributed by atoms with Gasteiger partial charge in [-0.05, 0) is 51.6 Å². The third-order valence-electron chi connectivity index (χ3n) is 4.03. The Morgan fingerprint density at radius 2 is 1.90 bits per heavy atom. The lowest BCUT2D eigenvalue weighted by Crippen LogP contribution is -2.43. The van der Waals surface area contributed by atoms with E-state index in [0.717, 1.165) is 57.6 Å². The number of nitrogens with one attached hydrogen (secondary N) is 2. The molecule has 1 saturated heterocycles. The summed E-state index contributed by atoms with van der Waals surface area (Å²) >= 11 is 0. The van der Waals surface area contributed by atoms with Crippen molar-refractivity contribution in [1.29, 1.82) is 0 Å². The normalized spacial score (nSPS) is 18.0. The molecule has 5 heteroatoms. The predicted octanol–water partition coefficient (Wildman–Crippen LogP) is 1.70. The van der Waals surface area contributed by atoms with Gasteiger partial charge in [0.05, 0.1) is 0 Å². The van der Waals surface area contributed by atoms with E-state index in [1.165, 1.54) is 25.9 Å². The molecule has 1 fully saturated rings. The molecular formula is C16H34N4O. The number of guanidine groups is 1. The van der Waals surface area contributed by atoms with Crippen LogP contribution in [0.15, 0.2) is 4.99 Å². The molecule has 0 aromatic carbocycles. The van der Waals surface area contributed by atoms with Gasteiger partial charge in [-0.3, -0.25) is 4.99 Å². The van der Waals surface area contributed by atoms with E-state index in [1.54, 1.807) is 0 Å². The molecule has 0 atom stereocenters. The number of hydrogen-bond acceptors (Lipinski definition) is 3. The Hall–Kier alpha value is -0.810. The summed E-state index contributed by atoms with van der Waals surface area (Å²) in [4.78, 5) is 6.81. The summed E-state index contributed by atoms with van der Waals surface area (Å²) in [6, 6.07) is 0. The van der Waals surface area contributed by atoms with Crippen molar-refractivity contribution in [3.8, 4) is 0 Å². The molecule has 1 aliphatic heterocycles. The second-order valence-corrected chi connectivity index (χ2v) is 5.85. The molecule has 0 aromatic rings. The number of rotatable bonds is 9. The molecule has 1 rings (SSSR count). The third-order valence-corrected chi connectivity index (χ3v) is 4.03. The summed E-state index contributed by atoms with van der Waals surface area (Å²) in [7, 11) is 1.83. The van der Waals surface area contributed by atoms with Gasteiger partial charge in [0.25, 0.3) is 0 Å². The maximum atomic E-state index is 5.33. The van der Waals surface area contributed by atoms with E-state index in [2.05, 4.69) is 27.4 Å².